The van der Waals surface area contributed by atoms with Gasteiger partial charge in [-0.2, -0.15) is 8.78 Å². The summed E-state index contributed by atoms with van der Waals surface area (Å²) >= 11 is 0. The fraction of sp³-hybridized carbons (Fsp3) is 0.500. The molecule has 2 aromatic carbocycles. The molecule has 2 aromatic rings. The van der Waals surface area contributed by atoms with Gasteiger partial charge < -0.3 is 10.0 Å². The van der Waals surface area contributed by atoms with E-state index in [1.807, 2.05) is 0 Å². The molecule has 3 atom stereocenters. The zero-order valence-electron chi connectivity index (χ0n) is 20.2. The van der Waals surface area contributed by atoms with Crippen LogP contribution in [0.25, 0.3) is 11.1 Å². The highest BCUT2D eigenvalue weighted by Gasteiger charge is 2.57. The fourth-order valence-corrected chi connectivity index (χ4v) is 6.32. The Labute approximate surface area is 216 Å². The van der Waals surface area contributed by atoms with Gasteiger partial charge in [0.25, 0.3) is 15.9 Å². The maximum absolute atomic E-state index is 15.6. The largest absolute Gasteiger partial charge is 0.383 e. The third kappa shape index (κ3) is 5.30. The van der Waals surface area contributed by atoms with Crippen molar-refractivity contribution in [3.8, 4) is 11.1 Å². The third-order valence-electron chi connectivity index (χ3n) is 7.92. The molecule has 2 N–H and O–H groups in total. The second kappa shape index (κ2) is 9.87. The van der Waals surface area contributed by atoms with E-state index in [-0.39, 0.29) is 42.0 Å². The van der Waals surface area contributed by atoms with E-state index in [2.05, 4.69) is 4.72 Å². The van der Waals surface area contributed by atoms with Gasteiger partial charge in [0, 0.05) is 35.7 Å². The minimum Gasteiger partial charge on any atom is -0.383 e. The minimum atomic E-state index is -4.92. The lowest BCUT2D eigenvalue weighted by atomic mass is 9.82. The molecule has 2 aliphatic carbocycles. The Morgan fingerprint density at radius 3 is 2.34 bits per heavy atom. The van der Waals surface area contributed by atoms with E-state index in [9.17, 15) is 35.9 Å². The molecule has 38 heavy (non-hydrogen) atoms. The van der Waals surface area contributed by atoms with Crippen molar-refractivity contribution >= 4 is 15.9 Å². The van der Waals surface area contributed by atoms with E-state index >= 15 is 4.39 Å². The predicted octanol–water partition coefficient (Wildman–Crippen LogP) is 3.98. The smallest absolute Gasteiger partial charge is 0.350 e. The number of hydrogen-bond donors (Lipinski definition) is 2. The van der Waals surface area contributed by atoms with E-state index in [0.29, 0.717) is 31.7 Å². The SMILES string of the molecule is O=C([C@@H](O)C1CC1)N1CC2(CC2)[C@H](NS(=O)(=O)C(F)F)C[C@@H]1Cc1cccc(-c2cc(F)cc(F)c2)c1F. The van der Waals surface area contributed by atoms with Crippen molar-refractivity contribution in [1.82, 2.24) is 9.62 Å². The summed E-state index contributed by atoms with van der Waals surface area (Å²) in [6.07, 6.45) is 0.955. The Morgan fingerprint density at radius 1 is 1.11 bits per heavy atom. The lowest BCUT2D eigenvalue weighted by Crippen LogP contribution is -2.60. The summed E-state index contributed by atoms with van der Waals surface area (Å²) in [4.78, 5) is 14.7. The highest BCUT2D eigenvalue weighted by Crippen LogP contribution is 2.54. The van der Waals surface area contributed by atoms with Crippen molar-refractivity contribution in [2.45, 2.75) is 62.5 Å². The molecule has 0 radical (unpaired) electrons. The molecule has 0 bridgehead atoms. The number of rotatable bonds is 8. The molecule has 6 nitrogen and oxygen atoms in total. The molecular formula is C26H27F5N2O4S. The molecular weight excluding hydrogens is 531 g/mol. The van der Waals surface area contributed by atoms with Crippen LogP contribution >= 0.6 is 0 Å². The number of carbonyl (C=O) groups excluding carboxylic acids is 1. The normalized spacial score (nSPS) is 23.6. The Balaban J connectivity index is 1.47. The van der Waals surface area contributed by atoms with Crippen molar-refractivity contribution in [2.75, 3.05) is 6.54 Å². The summed E-state index contributed by atoms with van der Waals surface area (Å²) in [6.45, 7) is 0.0348. The van der Waals surface area contributed by atoms with E-state index in [1.165, 1.54) is 23.1 Å². The lowest BCUT2D eigenvalue weighted by Gasteiger charge is -2.45. The Kier molecular flexibility index (Phi) is 7.02. The Bertz CT molecular complexity index is 1330. The molecule has 2 saturated carbocycles. The second-order valence-corrected chi connectivity index (χ2v) is 12.3. The van der Waals surface area contributed by atoms with Crippen LogP contribution in [0.3, 0.4) is 0 Å². The molecule has 1 aliphatic heterocycles. The molecule has 1 saturated heterocycles. The van der Waals surface area contributed by atoms with Crippen LogP contribution in [0.4, 0.5) is 22.0 Å². The number of likely N-dealkylation sites (tertiary alicyclic amines) is 1. The van der Waals surface area contributed by atoms with Crippen molar-refractivity contribution in [1.29, 1.82) is 0 Å². The number of aliphatic hydroxyl groups excluding tert-OH is 1. The molecule has 1 spiro atoms. The maximum atomic E-state index is 15.6. The summed E-state index contributed by atoms with van der Waals surface area (Å²) in [5.74, 6) is -6.91. The minimum absolute atomic E-state index is 0.0258. The van der Waals surface area contributed by atoms with Crippen LogP contribution < -0.4 is 4.72 Å². The number of aliphatic hydroxyl groups is 1. The van der Waals surface area contributed by atoms with Gasteiger partial charge in [-0.1, -0.05) is 18.2 Å². The second-order valence-electron chi connectivity index (χ2n) is 10.6. The van der Waals surface area contributed by atoms with Crippen molar-refractivity contribution < 1.29 is 40.3 Å². The predicted molar refractivity (Wildman–Crippen MR) is 128 cm³/mol. The van der Waals surface area contributed by atoms with E-state index in [1.54, 1.807) is 0 Å². The van der Waals surface area contributed by atoms with Gasteiger partial charge in [0.15, 0.2) is 0 Å². The zero-order valence-corrected chi connectivity index (χ0v) is 21.0. The van der Waals surface area contributed by atoms with Gasteiger partial charge in [-0.15, -0.1) is 0 Å². The maximum Gasteiger partial charge on any atom is 0.350 e. The van der Waals surface area contributed by atoms with Gasteiger partial charge in [-0.25, -0.2) is 26.3 Å². The number of nitrogens with zero attached hydrogens (tertiary/aromatic N) is 1. The number of sulfonamides is 1. The first-order valence-corrected chi connectivity index (χ1v) is 14.0. The summed E-state index contributed by atoms with van der Waals surface area (Å²) in [7, 11) is -4.92. The molecule has 1 amide bonds. The molecule has 0 unspecified atom stereocenters. The van der Waals surface area contributed by atoms with Gasteiger partial charge in [-0.3, -0.25) is 4.79 Å². The molecule has 3 fully saturated rings. The standard InChI is InChI=1S/C26H27F5N2O4S/c27-17-8-16(9-18(28)11-17)20-3-1-2-15(22(20)29)10-19-12-21(32-38(36,37)25(30)31)26(6-7-26)13-33(19)24(35)23(34)14-4-5-14/h1-3,8-9,11,14,19,21,23,25,32,34H,4-7,10,12-13H2/t19-,21+,23-/m0/s1. The van der Waals surface area contributed by atoms with Gasteiger partial charge in [0.05, 0.1) is 0 Å². The zero-order chi connectivity index (χ0) is 27.4. The number of alkyl halides is 2. The van der Waals surface area contributed by atoms with Crippen LogP contribution in [0.1, 0.15) is 37.7 Å². The molecule has 5 rings (SSSR count). The molecule has 0 aromatic heterocycles. The van der Waals surface area contributed by atoms with Crippen molar-refractivity contribution in [3.63, 3.8) is 0 Å². The fourth-order valence-electron chi connectivity index (χ4n) is 5.48. The third-order valence-corrected chi connectivity index (χ3v) is 9.00. The first-order chi connectivity index (χ1) is 17.9. The first-order valence-electron chi connectivity index (χ1n) is 12.4. The summed E-state index contributed by atoms with van der Waals surface area (Å²) in [6, 6.07) is 5.19. The highest BCUT2D eigenvalue weighted by molar-refractivity contribution is 7.89. The summed E-state index contributed by atoms with van der Waals surface area (Å²) in [5, 5.41) is 10.6. The van der Waals surface area contributed by atoms with Crippen LogP contribution in [0.15, 0.2) is 36.4 Å². The van der Waals surface area contributed by atoms with Gasteiger partial charge in [-0.05, 0) is 67.7 Å². The van der Waals surface area contributed by atoms with Gasteiger partial charge in [0.2, 0.25) is 0 Å². The number of amides is 1. The van der Waals surface area contributed by atoms with Crippen molar-refractivity contribution in [2.24, 2.45) is 11.3 Å². The number of hydrogen-bond acceptors (Lipinski definition) is 4. The lowest BCUT2D eigenvalue weighted by molar-refractivity contribution is -0.147. The van der Waals surface area contributed by atoms with Gasteiger partial charge in [0.1, 0.15) is 23.6 Å². The molecule has 12 heteroatoms. The number of benzene rings is 2. The summed E-state index contributed by atoms with van der Waals surface area (Å²) < 4.78 is 95.6. The average Bonchev–Trinajstić information content (AvgIpc) is 3.77. The van der Waals surface area contributed by atoms with Crippen LogP contribution in [-0.2, 0) is 21.2 Å². The average molecular weight is 559 g/mol. The Morgan fingerprint density at radius 2 is 1.76 bits per heavy atom. The first kappa shape index (κ1) is 27.0. The monoisotopic (exact) mass is 558 g/mol. The number of carbonyl (C=O) groups is 1. The quantitative estimate of drug-likeness (QED) is 0.480. The number of halogens is 5. The highest BCUT2D eigenvalue weighted by atomic mass is 32.2. The number of piperidine rings is 1. The molecule has 206 valence electrons. The van der Waals surface area contributed by atoms with Gasteiger partial charge >= 0.3 is 5.76 Å². The summed E-state index contributed by atoms with van der Waals surface area (Å²) in [5.41, 5.74) is -0.738. The Hall–Kier alpha value is -2.57. The van der Waals surface area contributed by atoms with Crippen LogP contribution in [-0.4, -0.2) is 54.8 Å². The van der Waals surface area contributed by atoms with Crippen LogP contribution in [0.2, 0.25) is 0 Å². The van der Waals surface area contributed by atoms with E-state index in [4.69, 9.17) is 0 Å². The van der Waals surface area contributed by atoms with Crippen LogP contribution in [0, 0.1) is 28.8 Å². The van der Waals surface area contributed by atoms with Crippen molar-refractivity contribution in [3.05, 3.63) is 59.4 Å². The number of nitrogens with one attached hydrogen (secondary N) is 1. The molecule has 1 heterocycles. The molecule has 3 aliphatic rings. The van der Waals surface area contributed by atoms with E-state index < -0.39 is 62.7 Å². The topological polar surface area (TPSA) is 86.7 Å². The van der Waals surface area contributed by atoms with E-state index in [0.717, 1.165) is 12.1 Å². The van der Waals surface area contributed by atoms with Crippen LogP contribution in [0.5, 0.6) is 0 Å².